The Balaban J connectivity index is 2.85. The summed E-state index contributed by atoms with van der Waals surface area (Å²) < 4.78 is 1.01. The summed E-state index contributed by atoms with van der Waals surface area (Å²) in [7, 11) is 1.77. The molecule has 2 nitrogen and oxygen atoms in total. The Morgan fingerprint density at radius 1 is 1.27 bits per heavy atom. The van der Waals surface area contributed by atoms with Crippen molar-refractivity contribution in [1.82, 2.24) is 0 Å². The smallest absolute Gasteiger partial charge is 0.250 e. The van der Waals surface area contributed by atoms with Crippen LogP contribution in [0.5, 0.6) is 0 Å². The lowest BCUT2D eigenvalue weighted by atomic mass is 10.2. The lowest BCUT2D eigenvalue weighted by Gasteiger charge is -2.15. The lowest BCUT2D eigenvalue weighted by molar-refractivity contribution is -0.113. The molecule has 80 valence electrons. The van der Waals surface area contributed by atoms with E-state index in [2.05, 4.69) is 15.9 Å². The van der Waals surface area contributed by atoms with Gasteiger partial charge in [-0.05, 0) is 38.1 Å². The van der Waals surface area contributed by atoms with E-state index in [1.165, 1.54) is 0 Å². The van der Waals surface area contributed by atoms with Crippen LogP contribution in [-0.4, -0.2) is 13.0 Å². The molecule has 3 heteroatoms. The first kappa shape index (κ1) is 12.0. The van der Waals surface area contributed by atoms with Crippen LogP contribution >= 0.6 is 15.9 Å². The average molecular weight is 268 g/mol. The number of likely N-dealkylation sites (N-methyl/N-ethyl adjacent to an activating group) is 1. The first-order valence-corrected chi connectivity index (χ1v) is 5.48. The summed E-state index contributed by atoms with van der Waals surface area (Å²) in [6, 6.07) is 7.64. The highest BCUT2D eigenvalue weighted by atomic mass is 79.9. The maximum Gasteiger partial charge on any atom is 0.250 e. The zero-order valence-electron chi connectivity index (χ0n) is 9.12. The second-order valence-electron chi connectivity index (χ2n) is 3.60. The first-order chi connectivity index (χ1) is 7.00. The molecular formula is C12H14BrNO. The summed E-state index contributed by atoms with van der Waals surface area (Å²) in [5.74, 6) is -0.00248. The molecule has 0 radical (unpaired) electrons. The number of carbonyl (C=O) groups excluding carboxylic acids is 1. The van der Waals surface area contributed by atoms with Gasteiger partial charge in [-0.3, -0.25) is 4.79 Å². The number of halogens is 1. The second kappa shape index (κ2) is 5.12. The molecule has 0 fully saturated rings. The molecule has 0 aliphatic carbocycles. The molecule has 0 spiro atoms. The van der Waals surface area contributed by atoms with E-state index in [0.717, 1.165) is 15.7 Å². The van der Waals surface area contributed by atoms with Gasteiger partial charge in [-0.1, -0.05) is 21.5 Å². The van der Waals surface area contributed by atoms with Crippen molar-refractivity contribution in [2.24, 2.45) is 0 Å². The lowest BCUT2D eigenvalue weighted by Crippen LogP contribution is -2.24. The Morgan fingerprint density at radius 3 is 2.27 bits per heavy atom. The standard InChI is InChI=1S/C12H14BrNO/c1-9(2)8-12(15)14(3)11-6-4-10(13)5-7-11/h4-8H,1-3H3. The van der Waals surface area contributed by atoms with Crippen LogP contribution in [0.15, 0.2) is 40.4 Å². The number of anilines is 1. The van der Waals surface area contributed by atoms with E-state index < -0.39 is 0 Å². The normalized spacial score (nSPS) is 9.60. The Labute approximate surface area is 98.7 Å². The van der Waals surface area contributed by atoms with Crippen LogP contribution in [0.3, 0.4) is 0 Å². The summed E-state index contributed by atoms with van der Waals surface area (Å²) in [6.07, 6.45) is 1.63. The van der Waals surface area contributed by atoms with Gasteiger partial charge in [0, 0.05) is 23.3 Å². The molecule has 0 unspecified atom stereocenters. The molecule has 1 aromatic rings. The first-order valence-electron chi connectivity index (χ1n) is 4.69. The Morgan fingerprint density at radius 2 is 1.80 bits per heavy atom. The van der Waals surface area contributed by atoms with Gasteiger partial charge < -0.3 is 4.90 Å². The van der Waals surface area contributed by atoms with Crippen LogP contribution in [0, 0.1) is 0 Å². The fraction of sp³-hybridized carbons (Fsp3) is 0.250. The van der Waals surface area contributed by atoms with Gasteiger partial charge in [-0.15, -0.1) is 0 Å². The van der Waals surface area contributed by atoms with Crippen LogP contribution in [0.4, 0.5) is 5.69 Å². The quantitative estimate of drug-likeness (QED) is 0.753. The molecule has 0 aromatic heterocycles. The van der Waals surface area contributed by atoms with Crippen molar-refractivity contribution in [2.45, 2.75) is 13.8 Å². The predicted octanol–water partition coefficient (Wildman–Crippen LogP) is 3.38. The highest BCUT2D eigenvalue weighted by Gasteiger charge is 2.07. The summed E-state index contributed by atoms with van der Waals surface area (Å²) in [5, 5.41) is 0. The summed E-state index contributed by atoms with van der Waals surface area (Å²) in [6.45, 7) is 3.82. The number of benzene rings is 1. The van der Waals surface area contributed by atoms with Gasteiger partial charge in [0.15, 0.2) is 0 Å². The van der Waals surface area contributed by atoms with Crippen molar-refractivity contribution < 1.29 is 4.79 Å². The number of hydrogen-bond acceptors (Lipinski definition) is 1. The zero-order valence-corrected chi connectivity index (χ0v) is 10.7. The minimum Gasteiger partial charge on any atom is -0.312 e. The highest BCUT2D eigenvalue weighted by Crippen LogP contribution is 2.17. The van der Waals surface area contributed by atoms with Gasteiger partial charge in [-0.2, -0.15) is 0 Å². The van der Waals surface area contributed by atoms with Crippen LogP contribution < -0.4 is 4.90 Å². The topological polar surface area (TPSA) is 20.3 Å². The van der Waals surface area contributed by atoms with Crippen LogP contribution in [0.1, 0.15) is 13.8 Å². The fourth-order valence-corrected chi connectivity index (χ4v) is 1.40. The van der Waals surface area contributed by atoms with Crippen LogP contribution in [0.25, 0.3) is 0 Å². The van der Waals surface area contributed by atoms with Gasteiger partial charge in [0.05, 0.1) is 0 Å². The third-order valence-corrected chi connectivity index (χ3v) is 2.49. The second-order valence-corrected chi connectivity index (χ2v) is 4.51. The Bertz CT molecular complexity index is 377. The molecule has 1 rings (SSSR count). The van der Waals surface area contributed by atoms with E-state index in [9.17, 15) is 4.79 Å². The van der Waals surface area contributed by atoms with E-state index in [1.54, 1.807) is 18.0 Å². The summed E-state index contributed by atoms with van der Waals surface area (Å²) in [4.78, 5) is 13.3. The van der Waals surface area contributed by atoms with Gasteiger partial charge >= 0.3 is 0 Å². The average Bonchev–Trinajstić information content (AvgIpc) is 2.17. The number of carbonyl (C=O) groups is 1. The van der Waals surface area contributed by atoms with E-state index in [4.69, 9.17) is 0 Å². The highest BCUT2D eigenvalue weighted by molar-refractivity contribution is 9.10. The monoisotopic (exact) mass is 267 g/mol. The van der Waals surface area contributed by atoms with Crippen molar-refractivity contribution in [3.63, 3.8) is 0 Å². The Hall–Kier alpha value is -1.09. The third-order valence-electron chi connectivity index (χ3n) is 1.96. The van der Waals surface area contributed by atoms with Crippen molar-refractivity contribution in [2.75, 3.05) is 11.9 Å². The van der Waals surface area contributed by atoms with Crippen LogP contribution in [-0.2, 0) is 4.79 Å². The van der Waals surface area contributed by atoms with E-state index in [-0.39, 0.29) is 5.91 Å². The van der Waals surface area contributed by atoms with Gasteiger partial charge in [0.25, 0.3) is 5.91 Å². The molecular weight excluding hydrogens is 254 g/mol. The SMILES string of the molecule is CC(C)=CC(=O)N(C)c1ccc(Br)cc1. The minimum atomic E-state index is -0.00248. The summed E-state index contributed by atoms with van der Waals surface area (Å²) in [5.41, 5.74) is 1.89. The van der Waals surface area contributed by atoms with Gasteiger partial charge in [0.2, 0.25) is 0 Å². The molecule has 0 aliphatic heterocycles. The largest absolute Gasteiger partial charge is 0.312 e. The molecule has 1 aromatic carbocycles. The molecule has 0 atom stereocenters. The van der Waals surface area contributed by atoms with Gasteiger partial charge in [0.1, 0.15) is 0 Å². The Kier molecular flexibility index (Phi) is 4.09. The molecule has 0 saturated carbocycles. The molecule has 0 saturated heterocycles. The number of allylic oxidation sites excluding steroid dienone is 1. The molecule has 0 bridgehead atoms. The van der Waals surface area contributed by atoms with E-state index in [1.807, 2.05) is 38.1 Å². The van der Waals surface area contributed by atoms with Crippen molar-refractivity contribution >= 4 is 27.5 Å². The van der Waals surface area contributed by atoms with Crippen molar-refractivity contribution in [3.05, 3.63) is 40.4 Å². The maximum absolute atomic E-state index is 11.7. The van der Waals surface area contributed by atoms with Crippen LogP contribution in [0.2, 0.25) is 0 Å². The maximum atomic E-state index is 11.7. The number of hydrogen-bond donors (Lipinski definition) is 0. The molecule has 1 amide bonds. The number of amides is 1. The third kappa shape index (κ3) is 3.51. The number of rotatable bonds is 2. The molecule has 0 N–H and O–H groups in total. The van der Waals surface area contributed by atoms with Crippen molar-refractivity contribution in [1.29, 1.82) is 0 Å². The molecule has 15 heavy (non-hydrogen) atoms. The predicted molar refractivity (Wildman–Crippen MR) is 67.0 cm³/mol. The van der Waals surface area contributed by atoms with Crippen molar-refractivity contribution in [3.8, 4) is 0 Å². The fourth-order valence-electron chi connectivity index (χ4n) is 1.14. The zero-order chi connectivity index (χ0) is 11.4. The minimum absolute atomic E-state index is 0.00248. The summed E-state index contributed by atoms with van der Waals surface area (Å²) >= 11 is 3.36. The van der Waals surface area contributed by atoms with Gasteiger partial charge in [-0.25, -0.2) is 0 Å². The molecule has 0 heterocycles. The molecule has 0 aliphatic rings. The number of nitrogens with zero attached hydrogens (tertiary/aromatic N) is 1. The van der Waals surface area contributed by atoms with E-state index >= 15 is 0 Å². The van der Waals surface area contributed by atoms with E-state index in [0.29, 0.717) is 0 Å².